The second-order valence-corrected chi connectivity index (χ2v) is 6.34. The monoisotopic (exact) mass is 314 g/mol. The lowest BCUT2D eigenvalue weighted by Gasteiger charge is -2.14. The van der Waals surface area contributed by atoms with Gasteiger partial charge in [-0.1, -0.05) is 18.2 Å². The molecule has 0 spiro atoms. The number of hydrogen-bond acceptors (Lipinski definition) is 6. The minimum absolute atomic E-state index is 0.00350. The maximum Gasteiger partial charge on any atom is 0.336 e. The lowest BCUT2D eigenvalue weighted by Crippen LogP contribution is -2.29. The Bertz CT molecular complexity index is 562. The molecular weight excluding hydrogens is 296 g/mol. The molecule has 7 heteroatoms. The quantitative estimate of drug-likeness (QED) is 0.585. The minimum atomic E-state index is -3.97. The molecule has 1 saturated heterocycles. The van der Waals surface area contributed by atoms with E-state index in [1.807, 2.05) is 0 Å². The maximum absolute atomic E-state index is 12.0. The standard InChI is InChI=1S/C14H18O6S/c1-11(14(15)19-10-12-6-5-9-18-12)20-21(16,17)13-7-3-2-4-8-13/h2-4,7-8,11-12H,5-6,9-10H2,1H3. The zero-order chi connectivity index (χ0) is 15.3. The third-order valence-corrected chi connectivity index (χ3v) is 4.46. The first-order chi connectivity index (χ1) is 9.99. The number of carbonyl (C=O) groups excluding carboxylic acids is 1. The lowest BCUT2D eigenvalue weighted by molar-refractivity contribution is -0.154. The van der Waals surface area contributed by atoms with Crippen LogP contribution in [0.1, 0.15) is 19.8 Å². The van der Waals surface area contributed by atoms with Crippen molar-refractivity contribution in [2.45, 2.75) is 36.9 Å². The number of benzene rings is 1. The van der Waals surface area contributed by atoms with E-state index in [-0.39, 0.29) is 17.6 Å². The van der Waals surface area contributed by atoms with Gasteiger partial charge in [-0.15, -0.1) is 0 Å². The van der Waals surface area contributed by atoms with E-state index in [1.54, 1.807) is 18.2 Å². The second kappa shape index (κ2) is 7.02. The summed E-state index contributed by atoms with van der Waals surface area (Å²) in [6, 6.07) is 7.66. The van der Waals surface area contributed by atoms with Crippen LogP contribution < -0.4 is 0 Å². The smallest absolute Gasteiger partial charge is 0.336 e. The Kier molecular flexibility index (Phi) is 5.33. The summed E-state index contributed by atoms with van der Waals surface area (Å²) in [6.45, 7) is 2.13. The number of esters is 1. The summed E-state index contributed by atoms with van der Waals surface area (Å²) in [4.78, 5) is 11.7. The average Bonchev–Trinajstić information content (AvgIpc) is 2.98. The summed E-state index contributed by atoms with van der Waals surface area (Å²) < 4.78 is 39.1. The summed E-state index contributed by atoms with van der Waals surface area (Å²) in [6.07, 6.45) is 0.477. The van der Waals surface area contributed by atoms with Gasteiger partial charge in [-0.05, 0) is 31.9 Å². The Morgan fingerprint density at radius 2 is 2.10 bits per heavy atom. The van der Waals surface area contributed by atoms with Crippen molar-refractivity contribution < 1.29 is 26.9 Å². The molecule has 1 aromatic carbocycles. The Hall–Kier alpha value is -1.44. The molecule has 1 fully saturated rings. The first kappa shape index (κ1) is 15.9. The van der Waals surface area contributed by atoms with Gasteiger partial charge in [0.2, 0.25) is 0 Å². The van der Waals surface area contributed by atoms with Crippen molar-refractivity contribution in [2.24, 2.45) is 0 Å². The van der Waals surface area contributed by atoms with Crippen molar-refractivity contribution in [3.63, 3.8) is 0 Å². The van der Waals surface area contributed by atoms with Gasteiger partial charge >= 0.3 is 5.97 Å². The zero-order valence-corrected chi connectivity index (χ0v) is 12.5. The van der Waals surface area contributed by atoms with Gasteiger partial charge in [0.15, 0.2) is 6.10 Å². The van der Waals surface area contributed by atoms with Crippen LogP contribution in [0.4, 0.5) is 0 Å². The van der Waals surface area contributed by atoms with Gasteiger partial charge in [0.25, 0.3) is 10.1 Å². The van der Waals surface area contributed by atoms with Crippen LogP contribution >= 0.6 is 0 Å². The van der Waals surface area contributed by atoms with Crippen molar-refractivity contribution in [1.82, 2.24) is 0 Å². The number of ether oxygens (including phenoxy) is 2. The molecule has 0 aliphatic carbocycles. The highest BCUT2D eigenvalue weighted by atomic mass is 32.2. The van der Waals surface area contributed by atoms with E-state index in [9.17, 15) is 13.2 Å². The summed E-state index contributed by atoms with van der Waals surface area (Å²) >= 11 is 0. The van der Waals surface area contributed by atoms with Crippen LogP contribution in [0.5, 0.6) is 0 Å². The van der Waals surface area contributed by atoms with Gasteiger partial charge in [-0.2, -0.15) is 8.42 Å². The predicted molar refractivity (Wildman–Crippen MR) is 74.1 cm³/mol. The highest BCUT2D eigenvalue weighted by molar-refractivity contribution is 7.86. The van der Waals surface area contributed by atoms with E-state index in [1.165, 1.54) is 19.1 Å². The Balaban J connectivity index is 1.87. The van der Waals surface area contributed by atoms with Crippen LogP contribution in [0.25, 0.3) is 0 Å². The molecule has 1 aliphatic rings. The van der Waals surface area contributed by atoms with E-state index in [4.69, 9.17) is 13.7 Å². The molecule has 2 rings (SSSR count). The highest BCUT2D eigenvalue weighted by Gasteiger charge is 2.26. The maximum atomic E-state index is 12.0. The third-order valence-electron chi connectivity index (χ3n) is 3.07. The molecule has 1 heterocycles. The fourth-order valence-electron chi connectivity index (χ4n) is 1.94. The third kappa shape index (κ3) is 4.52. The zero-order valence-electron chi connectivity index (χ0n) is 11.7. The molecule has 0 radical (unpaired) electrons. The highest BCUT2D eigenvalue weighted by Crippen LogP contribution is 2.15. The summed E-state index contributed by atoms with van der Waals surface area (Å²) in [5.41, 5.74) is 0. The molecule has 21 heavy (non-hydrogen) atoms. The molecule has 0 aromatic heterocycles. The van der Waals surface area contributed by atoms with Crippen LogP contribution in [-0.4, -0.2) is 39.8 Å². The van der Waals surface area contributed by atoms with Gasteiger partial charge in [0.05, 0.1) is 11.0 Å². The van der Waals surface area contributed by atoms with Gasteiger partial charge in [-0.25, -0.2) is 4.79 Å². The molecule has 1 aliphatic heterocycles. The van der Waals surface area contributed by atoms with Crippen LogP contribution in [0, 0.1) is 0 Å². The lowest BCUT2D eigenvalue weighted by atomic mass is 10.2. The summed E-state index contributed by atoms with van der Waals surface area (Å²) in [7, 11) is -3.97. The number of carbonyl (C=O) groups is 1. The first-order valence-electron chi connectivity index (χ1n) is 6.75. The van der Waals surface area contributed by atoms with Crippen LogP contribution in [0.3, 0.4) is 0 Å². The van der Waals surface area contributed by atoms with E-state index in [2.05, 4.69) is 0 Å². The SMILES string of the molecule is CC(OS(=O)(=O)c1ccccc1)C(=O)OCC1CCCO1. The molecule has 0 amide bonds. The van der Waals surface area contributed by atoms with Crippen molar-refractivity contribution >= 4 is 16.1 Å². The normalized spacial score (nSPS) is 20.1. The summed E-state index contributed by atoms with van der Waals surface area (Å²) in [5, 5.41) is 0. The Morgan fingerprint density at radius 1 is 1.38 bits per heavy atom. The van der Waals surface area contributed by atoms with Crippen molar-refractivity contribution in [2.75, 3.05) is 13.2 Å². The minimum Gasteiger partial charge on any atom is -0.461 e. The molecule has 2 unspecified atom stereocenters. The molecule has 2 atom stereocenters. The molecule has 116 valence electrons. The topological polar surface area (TPSA) is 78.9 Å². The molecular formula is C14H18O6S. The summed E-state index contributed by atoms with van der Waals surface area (Å²) in [5.74, 6) is -0.718. The van der Waals surface area contributed by atoms with Gasteiger partial charge in [0.1, 0.15) is 6.61 Å². The fourth-order valence-corrected chi connectivity index (χ4v) is 3.00. The van der Waals surface area contributed by atoms with Gasteiger partial charge < -0.3 is 9.47 Å². The average molecular weight is 314 g/mol. The Labute approximate surface area is 124 Å². The molecule has 1 aromatic rings. The largest absolute Gasteiger partial charge is 0.461 e. The fraction of sp³-hybridized carbons (Fsp3) is 0.500. The van der Waals surface area contributed by atoms with Gasteiger partial charge in [-0.3, -0.25) is 4.18 Å². The van der Waals surface area contributed by atoms with Crippen LogP contribution in [0.15, 0.2) is 35.2 Å². The van der Waals surface area contributed by atoms with Crippen LogP contribution in [-0.2, 0) is 28.6 Å². The van der Waals surface area contributed by atoms with E-state index in [0.717, 1.165) is 12.8 Å². The molecule has 6 nitrogen and oxygen atoms in total. The molecule has 0 saturated carbocycles. The predicted octanol–water partition coefficient (Wildman–Crippen LogP) is 1.50. The second-order valence-electron chi connectivity index (χ2n) is 4.77. The van der Waals surface area contributed by atoms with Gasteiger partial charge in [0, 0.05) is 6.61 Å². The number of rotatable bonds is 6. The van der Waals surface area contributed by atoms with Crippen LogP contribution in [0.2, 0.25) is 0 Å². The number of hydrogen-bond donors (Lipinski definition) is 0. The Morgan fingerprint density at radius 3 is 2.71 bits per heavy atom. The molecule has 0 N–H and O–H groups in total. The molecule has 0 bridgehead atoms. The van der Waals surface area contributed by atoms with Crippen molar-refractivity contribution in [1.29, 1.82) is 0 Å². The van der Waals surface area contributed by atoms with E-state index in [0.29, 0.717) is 6.61 Å². The van der Waals surface area contributed by atoms with Crippen molar-refractivity contribution in [3.05, 3.63) is 30.3 Å². The van der Waals surface area contributed by atoms with E-state index < -0.39 is 22.2 Å². The first-order valence-corrected chi connectivity index (χ1v) is 8.16. The van der Waals surface area contributed by atoms with Crippen molar-refractivity contribution in [3.8, 4) is 0 Å². The van der Waals surface area contributed by atoms with E-state index >= 15 is 0 Å².